The zero-order valence-corrected chi connectivity index (χ0v) is 20.9. The van der Waals surface area contributed by atoms with E-state index in [0.717, 1.165) is 32.8 Å². The first-order valence-electron chi connectivity index (χ1n) is 11.5. The summed E-state index contributed by atoms with van der Waals surface area (Å²) in [6, 6.07) is 30.9. The maximum absolute atomic E-state index is 13.4. The van der Waals surface area contributed by atoms with Gasteiger partial charge in [0, 0.05) is 21.8 Å². The number of hydrogen-bond donors (Lipinski definition) is 2. The van der Waals surface area contributed by atoms with E-state index in [0.29, 0.717) is 11.3 Å². The fourth-order valence-corrected chi connectivity index (χ4v) is 4.77. The summed E-state index contributed by atoms with van der Waals surface area (Å²) in [7, 11) is 0. The van der Waals surface area contributed by atoms with E-state index in [1.165, 1.54) is 11.8 Å². The smallest absolute Gasteiger partial charge is 0.255 e. The van der Waals surface area contributed by atoms with Gasteiger partial charge in [-0.15, -0.1) is 11.8 Å². The average Bonchev–Trinajstić information content (AvgIpc) is 2.86. The number of thioether (sulfide) groups is 1. The third-order valence-electron chi connectivity index (χ3n) is 5.75. The van der Waals surface area contributed by atoms with Crippen LogP contribution in [0.5, 0.6) is 0 Å². The Balaban J connectivity index is 1.51. The molecule has 4 nitrogen and oxygen atoms in total. The van der Waals surface area contributed by atoms with Gasteiger partial charge < -0.3 is 10.6 Å². The molecule has 0 fully saturated rings. The number of amides is 2. The Hall–Kier alpha value is -3.83. The van der Waals surface area contributed by atoms with Crippen molar-refractivity contribution in [3.8, 4) is 0 Å². The number of carbonyl (C=O) groups excluding carboxylic acids is 2. The lowest BCUT2D eigenvalue weighted by molar-refractivity contribution is -0.115. The van der Waals surface area contributed by atoms with Crippen LogP contribution in [0, 0.1) is 20.8 Å². The fraction of sp³-hybridized carbons (Fsp3) is 0.133. The summed E-state index contributed by atoms with van der Waals surface area (Å²) >= 11 is 1.48. The van der Waals surface area contributed by atoms with Gasteiger partial charge in [0.1, 0.15) is 5.25 Å². The summed E-state index contributed by atoms with van der Waals surface area (Å²) in [4.78, 5) is 27.0. The van der Waals surface area contributed by atoms with Crippen molar-refractivity contribution in [3.63, 3.8) is 0 Å². The third kappa shape index (κ3) is 6.19. The molecular formula is C30H28N2O2S. The fourth-order valence-electron chi connectivity index (χ4n) is 3.75. The molecule has 35 heavy (non-hydrogen) atoms. The molecule has 0 heterocycles. The molecule has 4 aromatic carbocycles. The molecule has 0 aliphatic heterocycles. The second kappa shape index (κ2) is 11.1. The van der Waals surface area contributed by atoms with Gasteiger partial charge in [0.2, 0.25) is 5.91 Å². The summed E-state index contributed by atoms with van der Waals surface area (Å²) in [6.07, 6.45) is 0. The molecule has 0 saturated heterocycles. The van der Waals surface area contributed by atoms with Crippen LogP contribution in [0.2, 0.25) is 0 Å². The second-order valence-electron chi connectivity index (χ2n) is 8.51. The zero-order valence-electron chi connectivity index (χ0n) is 20.0. The Morgan fingerprint density at radius 3 is 2.11 bits per heavy atom. The Morgan fingerprint density at radius 2 is 1.40 bits per heavy atom. The van der Waals surface area contributed by atoms with Crippen molar-refractivity contribution in [2.24, 2.45) is 0 Å². The molecule has 0 radical (unpaired) electrons. The minimum atomic E-state index is -0.427. The molecule has 4 rings (SSSR count). The van der Waals surface area contributed by atoms with E-state index in [2.05, 4.69) is 10.6 Å². The van der Waals surface area contributed by atoms with Crippen LogP contribution in [-0.4, -0.2) is 11.8 Å². The Morgan fingerprint density at radius 1 is 0.714 bits per heavy atom. The number of benzene rings is 4. The van der Waals surface area contributed by atoms with Crippen LogP contribution >= 0.6 is 11.8 Å². The number of hydrogen-bond acceptors (Lipinski definition) is 3. The van der Waals surface area contributed by atoms with Crippen LogP contribution in [0.15, 0.2) is 102 Å². The predicted octanol–water partition coefficient (Wildman–Crippen LogP) is 7.34. The van der Waals surface area contributed by atoms with Crippen LogP contribution < -0.4 is 10.6 Å². The van der Waals surface area contributed by atoms with Crippen molar-refractivity contribution in [1.29, 1.82) is 0 Å². The maximum Gasteiger partial charge on any atom is 0.255 e. The number of carbonyl (C=O) groups is 2. The molecule has 0 spiro atoms. The second-order valence-corrected chi connectivity index (χ2v) is 9.69. The van der Waals surface area contributed by atoms with E-state index in [1.54, 1.807) is 0 Å². The molecule has 2 N–H and O–H groups in total. The zero-order chi connectivity index (χ0) is 24.8. The Bertz CT molecular complexity index is 1330. The van der Waals surface area contributed by atoms with Crippen molar-refractivity contribution in [1.82, 2.24) is 0 Å². The minimum absolute atomic E-state index is 0.0770. The summed E-state index contributed by atoms with van der Waals surface area (Å²) in [6.45, 7) is 5.92. The molecule has 0 saturated carbocycles. The van der Waals surface area contributed by atoms with Crippen LogP contribution in [0.4, 0.5) is 11.4 Å². The normalized spacial score (nSPS) is 11.5. The molecule has 1 unspecified atom stereocenters. The first kappa shape index (κ1) is 24.3. The van der Waals surface area contributed by atoms with Crippen molar-refractivity contribution in [2.75, 3.05) is 10.6 Å². The molecule has 2 amide bonds. The molecule has 1 atom stereocenters. The number of rotatable bonds is 7. The van der Waals surface area contributed by atoms with Gasteiger partial charge in [-0.25, -0.2) is 0 Å². The number of anilines is 2. The largest absolute Gasteiger partial charge is 0.325 e. The van der Waals surface area contributed by atoms with Crippen molar-refractivity contribution in [3.05, 3.63) is 125 Å². The standard InChI is InChI=1S/C30H28N2O2S/c1-20-13-14-22(3)27(19-20)32-30(34)28(23-10-5-4-6-11-23)35-25-17-15-24(16-18-25)31-29(33)26-12-8-7-9-21(26)2/h4-19,28H,1-3H3,(H,31,33)(H,32,34). The molecule has 0 aliphatic rings. The van der Waals surface area contributed by atoms with Crippen molar-refractivity contribution >= 4 is 35.0 Å². The molecule has 4 aromatic rings. The number of aryl methyl sites for hydroxylation is 3. The van der Waals surface area contributed by atoms with E-state index in [4.69, 9.17) is 0 Å². The van der Waals surface area contributed by atoms with Crippen LogP contribution in [0.1, 0.15) is 37.9 Å². The summed E-state index contributed by atoms with van der Waals surface area (Å²) < 4.78 is 0. The van der Waals surface area contributed by atoms with Gasteiger partial charge in [0.05, 0.1) is 0 Å². The first-order chi connectivity index (χ1) is 16.9. The van der Waals surface area contributed by atoms with E-state index in [9.17, 15) is 9.59 Å². The topological polar surface area (TPSA) is 58.2 Å². The van der Waals surface area contributed by atoms with Gasteiger partial charge in [-0.1, -0.05) is 60.7 Å². The van der Waals surface area contributed by atoms with E-state index < -0.39 is 5.25 Å². The van der Waals surface area contributed by atoms with Crippen LogP contribution in [0.25, 0.3) is 0 Å². The lowest BCUT2D eigenvalue weighted by Crippen LogP contribution is -2.19. The highest BCUT2D eigenvalue weighted by atomic mass is 32.2. The molecule has 176 valence electrons. The van der Waals surface area contributed by atoms with Crippen LogP contribution in [0.3, 0.4) is 0 Å². The van der Waals surface area contributed by atoms with E-state index >= 15 is 0 Å². The third-order valence-corrected chi connectivity index (χ3v) is 7.01. The van der Waals surface area contributed by atoms with E-state index in [1.807, 2.05) is 118 Å². The van der Waals surface area contributed by atoms with Crippen molar-refractivity contribution in [2.45, 2.75) is 30.9 Å². The molecule has 5 heteroatoms. The average molecular weight is 481 g/mol. The highest BCUT2D eigenvalue weighted by Crippen LogP contribution is 2.37. The molecule has 0 bridgehead atoms. The SMILES string of the molecule is Cc1ccc(C)c(NC(=O)C(Sc2ccc(NC(=O)c3ccccc3C)cc2)c2ccccc2)c1. The summed E-state index contributed by atoms with van der Waals surface area (Å²) in [5.74, 6) is -0.217. The van der Waals surface area contributed by atoms with Gasteiger partial charge in [0.15, 0.2) is 0 Å². The van der Waals surface area contributed by atoms with Gasteiger partial charge >= 0.3 is 0 Å². The Kier molecular flexibility index (Phi) is 7.68. The van der Waals surface area contributed by atoms with Gasteiger partial charge in [0.25, 0.3) is 5.91 Å². The molecule has 0 aliphatic carbocycles. The van der Waals surface area contributed by atoms with Gasteiger partial charge in [-0.2, -0.15) is 0 Å². The predicted molar refractivity (Wildman–Crippen MR) is 145 cm³/mol. The van der Waals surface area contributed by atoms with Gasteiger partial charge in [-0.3, -0.25) is 9.59 Å². The highest BCUT2D eigenvalue weighted by Gasteiger charge is 2.23. The quantitative estimate of drug-likeness (QED) is 0.272. The lowest BCUT2D eigenvalue weighted by atomic mass is 10.1. The Labute approximate surface area is 210 Å². The molecular weight excluding hydrogens is 452 g/mol. The van der Waals surface area contributed by atoms with Crippen LogP contribution in [-0.2, 0) is 4.79 Å². The van der Waals surface area contributed by atoms with E-state index in [-0.39, 0.29) is 11.8 Å². The number of nitrogens with one attached hydrogen (secondary N) is 2. The molecule has 0 aromatic heterocycles. The maximum atomic E-state index is 13.4. The first-order valence-corrected chi connectivity index (χ1v) is 12.4. The van der Waals surface area contributed by atoms with Gasteiger partial charge in [-0.05, 0) is 79.4 Å². The summed E-state index contributed by atoms with van der Waals surface area (Å²) in [5, 5.41) is 5.64. The summed E-state index contributed by atoms with van der Waals surface area (Å²) in [5.41, 5.74) is 6.16. The highest BCUT2D eigenvalue weighted by molar-refractivity contribution is 8.00. The monoisotopic (exact) mass is 480 g/mol. The minimum Gasteiger partial charge on any atom is -0.325 e. The lowest BCUT2D eigenvalue weighted by Gasteiger charge is -2.18. The van der Waals surface area contributed by atoms with Crippen molar-refractivity contribution < 1.29 is 9.59 Å².